The molecule has 3 rings (SSSR count). The van der Waals surface area contributed by atoms with E-state index in [1.165, 1.54) is 22.0 Å². The van der Waals surface area contributed by atoms with Crippen molar-refractivity contribution in [1.29, 1.82) is 0 Å². The van der Waals surface area contributed by atoms with Gasteiger partial charge in [0.2, 0.25) is 0 Å². The van der Waals surface area contributed by atoms with Crippen molar-refractivity contribution in [2.45, 2.75) is 19.4 Å². The van der Waals surface area contributed by atoms with Crippen molar-refractivity contribution in [3.05, 3.63) is 66.1 Å². The molecular weight excluding hydrogens is 246 g/mol. The predicted molar refractivity (Wildman–Crippen MR) is 82.6 cm³/mol. The van der Waals surface area contributed by atoms with Crippen LogP contribution in [0.15, 0.2) is 55.0 Å². The molecule has 3 aromatic rings. The number of pyridine rings is 1. The fourth-order valence-electron chi connectivity index (χ4n) is 2.56. The molecule has 0 unspecified atom stereocenters. The standard InChI is InChI=1S/C17H19N3/c18-8-5-14-3-4-17-16(12-14)7-11-20(17)10-6-15-2-1-9-19-13-15/h1-4,7,9,11-13H,5-6,8,10,18H2. The molecule has 0 spiro atoms. The van der Waals surface area contributed by atoms with Crippen molar-refractivity contribution < 1.29 is 0 Å². The Labute approximate surface area is 119 Å². The monoisotopic (exact) mass is 265 g/mol. The van der Waals surface area contributed by atoms with Gasteiger partial charge >= 0.3 is 0 Å². The van der Waals surface area contributed by atoms with Gasteiger partial charge in [0.05, 0.1) is 0 Å². The molecule has 0 amide bonds. The SMILES string of the molecule is NCCc1ccc2c(ccn2CCc2cccnc2)c1. The molecule has 3 nitrogen and oxygen atoms in total. The van der Waals surface area contributed by atoms with E-state index in [2.05, 4.69) is 46.1 Å². The summed E-state index contributed by atoms with van der Waals surface area (Å²) in [4.78, 5) is 4.16. The van der Waals surface area contributed by atoms with Crippen LogP contribution < -0.4 is 5.73 Å². The van der Waals surface area contributed by atoms with E-state index < -0.39 is 0 Å². The summed E-state index contributed by atoms with van der Waals surface area (Å²) in [6.07, 6.45) is 7.85. The molecule has 102 valence electrons. The highest BCUT2D eigenvalue weighted by atomic mass is 14.9. The molecule has 0 saturated heterocycles. The second kappa shape index (κ2) is 5.88. The maximum absolute atomic E-state index is 5.61. The Balaban J connectivity index is 1.78. The van der Waals surface area contributed by atoms with Gasteiger partial charge in [-0.05, 0) is 60.2 Å². The molecule has 20 heavy (non-hydrogen) atoms. The van der Waals surface area contributed by atoms with Gasteiger partial charge < -0.3 is 10.3 Å². The van der Waals surface area contributed by atoms with Crippen LogP contribution in [0.2, 0.25) is 0 Å². The third-order valence-electron chi connectivity index (χ3n) is 3.63. The lowest BCUT2D eigenvalue weighted by atomic mass is 10.1. The van der Waals surface area contributed by atoms with Crippen molar-refractivity contribution in [3.8, 4) is 0 Å². The molecular formula is C17H19N3. The Morgan fingerprint density at radius 3 is 2.80 bits per heavy atom. The Bertz CT molecular complexity index is 686. The van der Waals surface area contributed by atoms with Gasteiger partial charge in [0.1, 0.15) is 0 Å². The van der Waals surface area contributed by atoms with Crippen LogP contribution in [-0.4, -0.2) is 16.1 Å². The first-order valence-corrected chi connectivity index (χ1v) is 7.03. The van der Waals surface area contributed by atoms with Crippen LogP contribution in [0.1, 0.15) is 11.1 Å². The van der Waals surface area contributed by atoms with Gasteiger partial charge in [0.15, 0.2) is 0 Å². The third-order valence-corrected chi connectivity index (χ3v) is 3.63. The van der Waals surface area contributed by atoms with Crippen LogP contribution in [-0.2, 0) is 19.4 Å². The van der Waals surface area contributed by atoms with Crippen molar-refractivity contribution in [2.75, 3.05) is 6.54 Å². The zero-order valence-corrected chi connectivity index (χ0v) is 11.5. The number of nitrogens with two attached hydrogens (primary N) is 1. The number of fused-ring (bicyclic) bond motifs is 1. The number of hydrogen-bond acceptors (Lipinski definition) is 2. The molecule has 2 aromatic heterocycles. The first-order valence-electron chi connectivity index (χ1n) is 7.03. The van der Waals surface area contributed by atoms with Crippen LogP contribution in [0.3, 0.4) is 0 Å². The number of aromatic nitrogens is 2. The Hall–Kier alpha value is -2.13. The summed E-state index contributed by atoms with van der Waals surface area (Å²) in [5.74, 6) is 0. The van der Waals surface area contributed by atoms with E-state index in [4.69, 9.17) is 5.73 Å². The van der Waals surface area contributed by atoms with Gasteiger partial charge in [-0.25, -0.2) is 0 Å². The smallest absolute Gasteiger partial charge is 0.0480 e. The third kappa shape index (κ3) is 2.73. The number of nitrogens with zero attached hydrogens (tertiary/aromatic N) is 2. The lowest BCUT2D eigenvalue weighted by Gasteiger charge is -2.06. The highest BCUT2D eigenvalue weighted by molar-refractivity contribution is 5.80. The van der Waals surface area contributed by atoms with E-state index in [0.717, 1.165) is 19.4 Å². The fraction of sp³-hybridized carbons (Fsp3) is 0.235. The van der Waals surface area contributed by atoms with Gasteiger partial charge in [-0.2, -0.15) is 0 Å². The highest BCUT2D eigenvalue weighted by Gasteiger charge is 2.02. The van der Waals surface area contributed by atoms with Crippen molar-refractivity contribution in [3.63, 3.8) is 0 Å². The van der Waals surface area contributed by atoms with Crippen LogP contribution in [0, 0.1) is 0 Å². The molecule has 0 fully saturated rings. The van der Waals surface area contributed by atoms with Gasteiger partial charge in [-0.15, -0.1) is 0 Å². The zero-order chi connectivity index (χ0) is 13.8. The number of aryl methyl sites for hydroxylation is 2. The van der Waals surface area contributed by atoms with Gasteiger partial charge in [-0.1, -0.05) is 12.1 Å². The molecule has 0 aliphatic carbocycles. The highest BCUT2D eigenvalue weighted by Crippen LogP contribution is 2.18. The maximum atomic E-state index is 5.61. The maximum Gasteiger partial charge on any atom is 0.0480 e. The molecule has 0 radical (unpaired) electrons. The average molecular weight is 265 g/mol. The number of rotatable bonds is 5. The second-order valence-electron chi connectivity index (χ2n) is 5.05. The molecule has 3 heteroatoms. The molecule has 2 N–H and O–H groups in total. The summed E-state index contributed by atoms with van der Waals surface area (Å²) >= 11 is 0. The van der Waals surface area contributed by atoms with E-state index in [0.29, 0.717) is 6.54 Å². The quantitative estimate of drug-likeness (QED) is 0.771. The second-order valence-corrected chi connectivity index (χ2v) is 5.05. The van der Waals surface area contributed by atoms with Crippen LogP contribution in [0.25, 0.3) is 10.9 Å². The van der Waals surface area contributed by atoms with Gasteiger partial charge in [0, 0.05) is 30.7 Å². The van der Waals surface area contributed by atoms with Crippen molar-refractivity contribution in [2.24, 2.45) is 5.73 Å². The zero-order valence-electron chi connectivity index (χ0n) is 11.5. The Kier molecular flexibility index (Phi) is 3.79. The summed E-state index contributed by atoms with van der Waals surface area (Å²) in [5, 5.41) is 1.29. The average Bonchev–Trinajstić information content (AvgIpc) is 2.89. The summed E-state index contributed by atoms with van der Waals surface area (Å²) in [6.45, 7) is 1.68. The van der Waals surface area contributed by atoms with Crippen molar-refractivity contribution in [1.82, 2.24) is 9.55 Å². The lowest BCUT2D eigenvalue weighted by Crippen LogP contribution is -2.03. The lowest BCUT2D eigenvalue weighted by molar-refractivity contribution is 0.721. The Morgan fingerprint density at radius 1 is 1.05 bits per heavy atom. The van der Waals surface area contributed by atoms with E-state index in [1.807, 2.05) is 18.5 Å². The molecule has 0 atom stereocenters. The van der Waals surface area contributed by atoms with E-state index >= 15 is 0 Å². The number of hydrogen-bond donors (Lipinski definition) is 1. The van der Waals surface area contributed by atoms with Crippen LogP contribution in [0.5, 0.6) is 0 Å². The topological polar surface area (TPSA) is 43.8 Å². The van der Waals surface area contributed by atoms with E-state index in [9.17, 15) is 0 Å². The molecule has 2 heterocycles. The van der Waals surface area contributed by atoms with Crippen LogP contribution in [0.4, 0.5) is 0 Å². The minimum atomic E-state index is 0.702. The summed E-state index contributed by atoms with van der Waals surface area (Å²) in [7, 11) is 0. The van der Waals surface area contributed by atoms with E-state index in [1.54, 1.807) is 0 Å². The first-order chi connectivity index (χ1) is 9.86. The normalized spacial score (nSPS) is 11.1. The number of benzene rings is 1. The molecule has 0 aliphatic rings. The first kappa shape index (κ1) is 12.9. The fourth-order valence-corrected chi connectivity index (χ4v) is 2.56. The molecule has 0 aliphatic heterocycles. The minimum absolute atomic E-state index is 0.702. The van der Waals surface area contributed by atoms with Crippen molar-refractivity contribution >= 4 is 10.9 Å². The largest absolute Gasteiger partial charge is 0.347 e. The summed E-state index contributed by atoms with van der Waals surface area (Å²) < 4.78 is 2.30. The predicted octanol–water partition coefficient (Wildman–Crippen LogP) is 2.78. The summed E-state index contributed by atoms with van der Waals surface area (Å²) in [6, 6.07) is 12.9. The van der Waals surface area contributed by atoms with E-state index in [-0.39, 0.29) is 0 Å². The molecule has 0 saturated carbocycles. The molecule has 0 bridgehead atoms. The van der Waals surface area contributed by atoms with Crippen LogP contribution >= 0.6 is 0 Å². The van der Waals surface area contributed by atoms with Gasteiger partial charge in [0.25, 0.3) is 0 Å². The minimum Gasteiger partial charge on any atom is -0.347 e. The van der Waals surface area contributed by atoms with Gasteiger partial charge in [-0.3, -0.25) is 4.98 Å². The molecule has 1 aromatic carbocycles. The Morgan fingerprint density at radius 2 is 2.00 bits per heavy atom. The summed E-state index contributed by atoms with van der Waals surface area (Å²) in [5.41, 5.74) is 9.48.